The predicted octanol–water partition coefficient (Wildman–Crippen LogP) is 17.9. The second kappa shape index (κ2) is 16.0. The zero-order valence-electron chi connectivity index (χ0n) is 38.3. The number of thiophene rings is 1. The zero-order chi connectivity index (χ0) is 46.2. The average Bonchev–Trinajstić information content (AvgIpc) is 4.08. The van der Waals surface area contributed by atoms with Crippen molar-refractivity contribution in [2.75, 3.05) is 4.90 Å². The molecule has 14 rings (SSSR count). The number of anilines is 3. The summed E-state index contributed by atoms with van der Waals surface area (Å²) in [6.45, 7) is 0. The summed E-state index contributed by atoms with van der Waals surface area (Å²) in [6, 6.07) is 102. The molecule has 0 amide bonds. The highest BCUT2D eigenvalue weighted by atomic mass is 32.1. The molecule has 1 nitrogen and oxygen atoms in total. The van der Waals surface area contributed by atoms with Crippen LogP contribution in [0.2, 0.25) is 0 Å². The van der Waals surface area contributed by atoms with Crippen molar-refractivity contribution < 1.29 is 0 Å². The fourth-order valence-corrected chi connectivity index (χ4v) is 13.7. The fraction of sp³-hybridized carbons (Fsp3) is 0.0294. The van der Waals surface area contributed by atoms with Gasteiger partial charge in [0.1, 0.15) is 0 Å². The minimum absolute atomic E-state index is 0.495. The van der Waals surface area contributed by atoms with E-state index in [-0.39, 0.29) is 0 Å². The summed E-state index contributed by atoms with van der Waals surface area (Å²) in [6.07, 6.45) is 0. The molecule has 0 saturated carbocycles. The lowest BCUT2D eigenvalue weighted by Crippen LogP contribution is -2.28. The van der Waals surface area contributed by atoms with Crippen molar-refractivity contribution >= 4 is 48.6 Å². The maximum Gasteiger partial charge on any atom is 0.0714 e. The molecule has 328 valence electrons. The van der Waals surface area contributed by atoms with Crippen LogP contribution in [0.25, 0.3) is 53.6 Å². The summed E-state index contributed by atoms with van der Waals surface area (Å²) in [5, 5.41) is 2.62. The first-order valence-corrected chi connectivity index (χ1v) is 25.1. The lowest BCUT2D eigenvalue weighted by atomic mass is 9.67. The third-order valence-electron chi connectivity index (χ3n) is 15.3. The topological polar surface area (TPSA) is 3.24 Å². The Kier molecular flexibility index (Phi) is 9.27. The van der Waals surface area contributed by atoms with E-state index in [9.17, 15) is 0 Å². The molecule has 0 bridgehead atoms. The van der Waals surface area contributed by atoms with Crippen LogP contribution in [0.5, 0.6) is 0 Å². The van der Waals surface area contributed by atoms with Gasteiger partial charge in [-0.1, -0.05) is 237 Å². The van der Waals surface area contributed by atoms with Gasteiger partial charge in [-0.25, -0.2) is 0 Å². The molecular formula is C68H45NS. The van der Waals surface area contributed by atoms with Crippen LogP contribution in [0.1, 0.15) is 44.5 Å². The summed E-state index contributed by atoms with van der Waals surface area (Å²) in [5.41, 5.74) is 20.0. The van der Waals surface area contributed by atoms with Gasteiger partial charge in [0.15, 0.2) is 0 Å². The molecule has 0 N–H and O–H groups in total. The van der Waals surface area contributed by atoms with Crippen LogP contribution in [0, 0.1) is 0 Å². The van der Waals surface area contributed by atoms with Crippen molar-refractivity contribution in [1.29, 1.82) is 0 Å². The third kappa shape index (κ3) is 5.78. The summed E-state index contributed by atoms with van der Waals surface area (Å²) in [7, 11) is 0. The maximum absolute atomic E-state index is 2.50. The Labute approximate surface area is 412 Å². The highest BCUT2D eigenvalue weighted by Gasteiger charge is 2.48. The summed E-state index contributed by atoms with van der Waals surface area (Å²) < 4.78 is 2.64. The first-order valence-electron chi connectivity index (χ1n) is 24.3. The number of fused-ring (bicyclic) bond motifs is 9. The third-order valence-corrected chi connectivity index (χ3v) is 16.5. The standard InChI is InChI=1S/C68H45NS/c1-4-20-47(21-5-1)67(59-32-14-10-26-54(59)55-27-11-15-33-60(55)67)50-40-44-52(45-41-50)69(51-42-38-46(39-43-51)53-30-18-31-57-56-28-13-17-37-64(56)70-66(53)57)63-36-19-35-62-65(63)58-29-12-16-34-61(58)68(62,48-22-6-2-7-23-48)49-24-8-3-9-25-49/h1-45H. The molecule has 2 aliphatic carbocycles. The minimum Gasteiger partial charge on any atom is -0.310 e. The molecule has 2 aliphatic rings. The van der Waals surface area contributed by atoms with E-state index >= 15 is 0 Å². The lowest BCUT2D eigenvalue weighted by Gasteiger charge is -2.35. The Hall–Kier alpha value is -8.56. The van der Waals surface area contributed by atoms with E-state index in [0.29, 0.717) is 0 Å². The van der Waals surface area contributed by atoms with Crippen LogP contribution in [0.15, 0.2) is 273 Å². The highest BCUT2D eigenvalue weighted by Crippen LogP contribution is 2.60. The van der Waals surface area contributed by atoms with Crippen LogP contribution >= 0.6 is 11.3 Å². The largest absolute Gasteiger partial charge is 0.310 e. The molecular weight excluding hydrogens is 863 g/mol. The van der Waals surface area contributed by atoms with Gasteiger partial charge in [-0.05, 0) is 109 Å². The summed E-state index contributed by atoms with van der Waals surface area (Å²) in [4.78, 5) is 2.50. The van der Waals surface area contributed by atoms with E-state index in [2.05, 4.69) is 278 Å². The predicted molar refractivity (Wildman–Crippen MR) is 294 cm³/mol. The first-order chi connectivity index (χ1) is 34.7. The Balaban J connectivity index is 0.998. The number of rotatable bonds is 8. The molecule has 2 heteroatoms. The number of nitrogens with zero attached hydrogens (tertiary/aromatic N) is 1. The van der Waals surface area contributed by atoms with Gasteiger partial charge in [-0.3, -0.25) is 0 Å². The van der Waals surface area contributed by atoms with Gasteiger partial charge in [-0.15, -0.1) is 11.3 Å². The van der Waals surface area contributed by atoms with Crippen LogP contribution in [0.4, 0.5) is 17.1 Å². The Bertz CT molecular complexity index is 3840. The van der Waals surface area contributed by atoms with Gasteiger partial charge in [0.05, 0.1) is 16.5 Å². The highest BCUT2D eigenvalue weighted by molar-refractivity contribution is 7.26. The van der Waals surface area contributed by atoms with Gasteiger partial charge in [0.25, 0.3) is 0 Å². The molecule has 0 aliphatic heterocycles. The van der Waals surface area contributed by atoms with E-state index < -0.39 is 10.8 Å². The minimum atomic E-state index is -0.530. The van der Waals surface area contributed by atoms with Gasteiger partial charge in [0.2, 0.25) is 0 Å². The first kappa shape index (κ1) is 40.5. The number of hydrogen-bond donors (Lipinski definition) is 0. The molecule has 12 aromatic rings. The van der Waals surface area contributed by atoms with Crippen molar-refractivity contribution in [1.82, 2.24) is 0 Å². The van der Waals surface area contributed by atoms with Crippen LogP contribution in [0.3, 0.4) is 0 Å². The normalized spacial score (nSPS) is 13.7. The van der Waals surface area contributed by atoms with Crippen LogP contribution in [-0.2, 0) is 10.8 Å². The van der Waals surface area contributed by atoms with Crippen molar-refractivity contribution in [2.24, 2.45) is 0 Å². The lowest BCUT2D eigenvalue weighted by molar-refractivity contribution is 0.768. The molecule has 0 saturated heterocycles. The van der Waals surface area contributed by atoms with Crippen molar-refractivity contribution in [2.45, 2.75) is 10.8 Å². The van der Waals surface area contributed by atoms with Gasteiger partial charge < -0.3 is 4.90 Å². The van der Waals surface area contributed by atoms with Crippen molar-refractivity contribution in [3.05, 3.63) is 317 Å². The van der Waals surface area contributed by atoms with E-state index in [1.807, 2.05) is 11.3 Å². The Morgan fingerprint density at radius 3 is 1.30 bits per heavy atom. The molecule has 0 radical (unpaired) electrons. The molecule has 1 aromatic heterocycles. The van der Waals surface area contributed by atoms with Crippen molar-refractivity contribution in [3.63, 3.8) is 0 Å². The zero-order valence-corrected chi connectivity index (χ0v) is 39.2. The second-order valence-corrected chi connectivity index (χ2v) is 19.7. The molecule has 11 aromatic carbocycles. The molecule has 0 spiro atoms. The Morgan fingerprint density at radius 2 is 0.700 bits per heavy atom. The molecule has 0 unspecified atom stereocenters. The Morgan fingerprint density at radius 1 is 0.286 bits per heavy atom. The molecule has 0 atom stereocenters. The van der Waals surface area contributed by atoms with E-state index in [1.165, 1.54) is 98.1 Å². The monoisotopic (exact) mass is 907 g/mol. The van der Waals surface area contributed by atoms with Crippen molar-refractivity contribution in [3.8, 4) is 33.4 Å². The maximum atomic E-state index is 2.50. The summed E-state index contributed by atoms with van der Waals surface area (Å²) in [5.74, 6) is 0. The van der Waals surface area contributed by atoms with Gasteiger partial charge in [-0.2, -0.15) is 0 Å². The van der Waals surface area contributed by atoms with Gasteiger partial charge >= 0.3 is 0 Å². The quantitative estimate of drug-likeness (QED) is 0.147. The average molecular weight is 908 g/mol. The molecule has 1 heterocycles. The molecule has 0 fully saturated rings. The fourth-order valence-electron chi connectivity index (χ4n) is 12.4. The smallest absolute Gasteiger partial charge is 0.0714 e. The van der Waals surface area contributed by atoms with Gasteiger partial charge in [0, 0.05) is 37.1 Å². The van der Waals surface area contributed by atoms with E-state index in [0.717, 1.165) is 17.1 Å². The number of hydrogen-bond acceptors (Lipinski definition) is 2. The number of benzene rings is 11. The van der Waals surface area contributed by atoms with E-state index in [4.69, 9.17) is 0 Å². The van der Waals surface area contributed by atoms with Crippen LogP contribution < -0.4 is 4.90 Å². The SMILES string of the molecule is c1ccc(C2(c3ccc(N(c4ccc(-c5cccc6c5sc5ccccc56)cc4)c4cccc5c4-c4ccccc4C5(c4ccccc4)c4ccccc4)cc3)c3ccccc3-c3ccccc32)cc1. The summed E-state index contributed by atoms with van der Waals surface area (Å²) >= 11 is 1.88. The van der Waals surface area contributed by atoms with Crippen LogP contribution in [-0.4, -0.2) is 0 Å². The van der Waals surface area contributed by atoms with E-state index in [1.54, 1.807) is 0 Å². The molecule has 70 heavy (non-hydrogen) atoms. The second-order valence-electron chi connectivity index (χ2n) is 18.6.